The Labute approximate surface area is 142 Å². The average Bonchev–Trinajstić information content (AvgIpc) is 2.57. The summed E-state index contributed by atoms with van der Waals surface area (Å²) >= 11 is 0. The number of benzene rings is 1. The number of nitrogens with one attached hydrogen (secondary N) is 1. The minimum Gasteiger partial charge on any atom is -0.383 e. The molecule has 0 aliphatic carbocycles. The second-order valence-corrected chi connectivity index (χ2v) is 5.87. The van der Waals surface area contributed by atoms with Crippen LogP contribution in [-0.2, 0) is 14.3 Å². The number of nitrogens with two attached hydrogens (primary N) is 1. The summed E-state index contributed by atoms with van der Waals surface area (Å²) in [5, 5.41) is 2.82. The molecule has 0 saturated carbocycles. The number of carbonyl (C=O) groups excluding carboxylic acids is 2. The highest BCUT2D eigenvalue weighted by Crippen LogP contribution is 2.21. The first-order valence-corrected chi connectivity index (χ1v) is 8.18. The summed E-state index contributed by atoms with van der Waals surface area (Å²) in [5.41, 5.74) is 6.53. The third-order valence-corrected chi connectivity index (χ3v) is 4.15. The molecule has 1 fully saturated rings. The first kappa shape index (κ1) is 18.4. The zero-order chi connectivity index (χ0) is 17.4. The summed E-state index contributed by atoms with van der Waals surface area (Å²) in [6.07, 6.45) is 0. The number of carbonyl (C=O) groups is 2. The van der Waals surface area contributed by atoms with Gasteiger partial charge in [0.05, 0.1) is 13.2 Å². The van der Waals surface area contributed by atoms with Crippen LogP contribution < -0.4 is 11.1 Å². The lowest BCUT2D eigenvalue weighted by Gasteiger charge is -2.38. The molecule has 2 rings (SSSR count). The Morgan fingerprint density at radius 2 is 1.88 bits per heavy atom. The third kappa shape index (κ3) is 5.30. The molecule has 0 bridgehead atoms. The fourth-order valence-corrected chi connectivity index (χ4v) is 2.92. The van der Waals surface area contributed by atoms with E-state index in [2.05, 4.69) is 15.1 Å². The number of hydrogen-bond donors (Lipinski definition) is 2. The van der Waals surface area contributed by atoms with Gasteiger partial charge in [-0.1, -0.05) is 30.3 Å². The van der Waals surface area contributed by atoms with Crippen molar-refractivity contribution in [2.75, 3.05) is 53.0 Å². The van der Waals surface area contributed by atoms with Crippen LogP contribution in [0.1, 0.15) is 11.6 Å². The van der Waals surface area contributed by atoms with Gasteiger partial charge in [-0.25, -0.2) is 0 Å². The Morgan fingerprint density at radius 1 is 1.21 bits per heavy atom. The number of primary amides is 1. The summed E-state index contributed by atoms with van der Waals surface area (Å²) < 4.78 is 4.91. The third-order valence-electron chi connectivity index (χ3n) is 4.15. The van der Waals surface area contributed by atoms with Crippen molar-refractivity contribution in [1.29, 1.82) is 0 Å². The van der Waals surface area contributed by atoms with Crippen molar-refractivity contribution < 1.29 is 14.3 Å². The summed E-state index contributed by atoms with van der Waals surface area (Å²) in [6, 6.07) is 9.17. The van der Waals surface area contributed by atoms with E-state index in [4.69, 9.17) is 10.5 Å². The molecule has 3 N–H and O–H groups in total. The highest BCUT2D eigenvalue weighted by Gasteiger charge is 2.29. The number of methoxy groups -OCH3 is 1. The molecule has 1 heterocycles. The van der Waals surface area contributed by atoms with Gasteiger partial charge < -0.3 is 15.8 Å². The fourth-order valence-electron chi connectivity index (χ4n) is 2.92. The maximum absolute atomic E-state index is 11.9. The molecule has 24 heavy (non-hydrogen) atoms. The van der Waals surface area contributed by atoms with Crippen molar-refractivity contribution in [1.82, 2.24) is 15.1 Å². The van der Waals surface area contributed by atoms with Gasteiger partial charge in [-0.05, 0) is 5.56 Å². The van der Waals surface area contributed by atoms with Gasteiger partial charge in [0, 0.05) is 39.8 Å². The average molecular weight is 334 g/mol. The van der Waals surface area contributed by atoms with Crippen molar-refractivity contribution in [2.45, 2.75) is 6.04 Å². The predicted octanol–water partition coefficient (Wildman–Crippen LogP) is -0.407. The van der Waals surface area contributed by atoms with Crippen LogP contribution in [0, 0.1) is 0 Å². The Hall–Kier alpha value is -1.96. The lowest BCUT2D eigenvalue weighted by Crippen LogP contribution is -2.52. The molecule has 1 aromatic carbocycles. The van der Waals surface area contributed by atoms with Gasteiger partial charge in [0.15, 0.2) is 0 Å². The smallest absolute Gasteiger partial charge is 0.239 e. The van der Waals surface area contributed by atoms with Crippen LogP contribution in [0.5, 0.6) is 0 Å². The van der Waals surface area contributed by atoms with E-state index < -0.39 is 6.04 Å². The maximum atomic E-state index is 11.9. The van der Waals surface area contributed by atoms with Crippen LogP contribution in [0.4, 0.5) is 0 Å². The maximum Gasteiger partial charge on any atom is 0.239 e. The number of hydrogen-bond acceptors (Lipinski definition) is 5. The number of amides is 2. The molecular weight excluding hydrogens is 308 g/mol. The van der Waals surface area contributed by atoms with E-state index in [1.165, 1.54) is 0 Å². The lowest BCUT2D eigenvalue weighted by molar-refractivity contribution is -0.126. The van der Waals surface area contributed by atoms with Crippen LogP contribution in [0.15, 0.2) is 30.3 Å². The van der Waals surface area contributed by atoms with Crippen molar-refractivity contribution >= 4 is 11.8 Å². The molecule has 7 heteroatoms. The molecule has 132 valence electrons. The normalized spacial score (nSPS) is 17.4. The standard InChI is InChI=1S/C17H26N4O3/c1-24-12-7-19-15(22)13-20-8-10-21(11-9-20)16(17(18)23)14-5-3-2-4-6-14/h2-6,16H,7-13H2,1H3,(H2,18,23)(H,19,22). The van der Waals surface area contributed by atoms with Crippen LogP contribution in [-0.4, -0.2) is 74.6 Å². The zero-order valence-electron chi connectivity index (χ0n) is 14.1. The molecule has 1 aliphatic heterocycles. The van der Waals surface area contributed by atoms with Gasteiger partial charge in [-0.3, -0.25) is 19.4 Å². The van der Waals surface area contributed by atoms with Crippen LogP contribution in [0.2, 0.25) is 0 Å². The number of nitrogens with zero attached hydrogens (tertiary/aromatic N) is 2. The number of piperazine rings is 1. The van der Waals surface area contributed by atoms with E-state index >= 15 is 0 Å². The summed E-state index contributed by atoms with van der Waals surface area (Å²) in [4.78, 5) is 27.9. The Bertz CT molecular complexity index is 530. The number of rotatable bonds is 8. The minimum absolute atomic E-state index is 0.00462. The highest BCUT2D eigenvalue weighted by molar-refractivity contribution is 5.81. The summed E-state index contributed by atoms with van der Waals surface area (Å²) in [5.74, 6) is -0.345. The fraction of sp³-hybridized carbons (Fsp3) is 0.529. The predicted molar refractivity (Wildman–Crippen MR) is 91.3 cm³/mol. The summed E-state index contributed by atoms with van der Waals surface area (Å²) in [6.45, 7) is 4.26. The molecule has 1 saturated heterocycles. The topological polar surface area (TPSA) is 87.9 Å². The van der Waals surface area contributed by atoms with E-state index in [0.29, 0.717) is 32.8 Å². The van der Waals surface area contributed by atoms with Crippen LogP contribution in [0.25, 0.3) is 0 Å². The van der Waals surface area contributed by atoms with Gasteiger partial charge in [0.25, 0.3) is 0 Å². The molecule has 0 radical (unpaired) electrons. The molecule has 7 nitrogen and oxygen atoms in total. The van der Waals surface area contributed by atoms with Gasteiger partial charge in [0.2, 0.25) is 11.8 Å². The van der Waals surface area contributed by atoms with Crippen molar-refractivity contribution in [3.8, 4) is 0 Å². The Morgan fingerprint density at radius 3 is 2.46 bits per heavy atom. The Balaban J connectivity index is 1.84. The molecule has 0 aromatic heterocycles. The first-order valence-electron chi connectivity index (χ1n) is 8.18. The molecule has 0 spiro atoms. The molecule has 1 aliphatic rings. The van der Waals surface area contributed by atoms with Gasteiger partial charge in [-0.15, -0.1) is 0 Å². The van der Waals surface area contributed by atoms with Crippen molar-refractivity contribution in [3.05, 3.63) is 35.9 Å². The SMILES string of the molecule is COCCNC(=O)CN1CCN(C(C(N)=O)c2ccccc2)CC1. The van der Waals surface area contributed by atoms with E-state index in [-0.39, 0.29) is 11.8 Å². The second kappa shape index (κ2) is 9.36. The van der Waals surface area contributed by atoms with Gasteiger partial charge in [0.1, 0.15) is 6.04 Å². The van der Waals surface area contributed by atoms with Crippen molar-refractivity contribution in [3.63, 3.8) is 0 Å². The monoisotopic (exact) mass is 334 g/mol. The van der Waals surface area contributed by atoms with E-state index in [9.17, 15) is 9.59 Å². The first-order chi connectivity index (χ1) is 11.6. The van der Waals surface area contributed by atoms with Gasteiger partial charge >= 0.3 is 0 Å². The van der Waals surface area contributed by atoms with E-state index in [1.54, 1.807) is 7.11 Å². The second-order valence-electron chi connectivity index (χ2n) is 5.87. The molecule has 1 aromatic rings. The zero-order valence-corrected chi connectivity index (χ0v) is 14.1. The lowest BCUT2D eigenvalue weighted by atomic mass is 10.0. The van der Waals surface area contributed by atoms with Crippen molar-refractivity contribution in [2.24, 2.45) is 5.73 Å². The Kier molecular flexibility index (Phi) is 7.17. The van der Waals surface area contributed by atoms with E-state index in [0.717, 1.165) is 18.7 Å². The minimum atomic E-state index is -0.413. The van der Waals surface area contributed by atoms with E-state index in [1.807, 2.05) is 30.3 Å². The molecule has 1 unspecified atom stereocenters. The quantitative estimate of drug-likeness (QED) is 0.631. The number of ether oxygens (including phenoxy) is 1. The summed E-state index contributed by atoms with van der Waals surface area (Å²) in [7, 11) is 1.60. The largest absolute Gasteiger partial charge is 0.383 e. The van der Waals surface area contributed by atoms with Crippen LogP contribution >= 0.6 is 0 Å². The molecular formula is C17H26N4O3. The van der Waals surface area contributed by atoms with Gasteiger partial charge in [-0.2, -0.15) is 0 Å². The molecule has 1 atom stereocenters. The molecule has 2 amide bonds. The van der Waals surface area contributed by atoms with Crippen LogP contribution in [0.3, 0.4) is 0 Å². The highest BCUT2D eigenvalue weighted by atomic mass is 16.5.